The molecule has 108 valence electrons. The molecule has 0 radical (unpaired) electrons. The monoisotopic (exact) mass is 288 g/mol. The lowest BCUT2D eigenvalue weighted by Gasteiger charge is -2.04. The molecule has 0 atom stereocenters. The number of anilines is 1. The third kappa shape index (κ3) is 6.00. The first-order valence-electron chi connectivity index (χ1n) is 6.16. The van der Waals surface area contributed by atoms with E-state index in [1.165, 1.54) is 11.3 Å². The molecule has 0 saturated heterocycles. The van der Waals surface area contributed by atoms with Crippen molar-refractivity contribution in [2.24, 2.45) is 0 Å². The van der Waals surface area contributed by atoms with Crippen LogP contribution in [0.3, 0.4) is 0 Å². The Morgan fingerprint density at radius 3 is 2.79 bits per heavy atom. The van der Waals surface area contributed by atoms with Gasteiger partial charge in [0.25, 0.3) is 0 Å². The second-order valence-electron chi connectivity index (χ2n) is 3.97. The van der Waals surface area contributed by atoms with Crippen LogP contribution in [0, 0.1) is 6.92 Å². The van der Waals surface area contributed by atoms with Gasteiger partial charge >= 0.3 is 5.97 Å². The summed E-state index contributed by atoms with van der Waals surface area (Å²) in [6.07, 6.45) is 1.90. The van der Waals surface area contributed by atoms with Gasteiger partial charge in [-0.15, -0.1) is 11.3 Å². The Bertz CT molecular complexity index is 395. The second kappa shape index (κ2) is 8.84. The minimum absolute atomic E-state index is 0.135. The van der Waals surface area contributed by atoms with Crippen molar-refractivity contribution in [3.05, 3.63) is 10.6 Å². The van der Waals surface area contributed by atoms with Gasteiger partial charge in [-0.2, -0.15) is 0 Å². The number of hydrogen-bond donors (Lipinski definition) is 2. The first-order chi connectivity index (χ1) is 9.15. The van der Waals surface area contributed by atoms with Gasteiger partial charge in [-0.3, -0.25) is 0 Å². The van der Waals surface area contributed by atoms with Crippen molar-refractivity contribution in [3.63, 3.8) is 0 Å². The summed E-state index contributed by atoms with van der Waals surface area (Å²) < 4.78 is 10.2. The molecule has 2 N–H and O–H groups in total. The van der Waals surface area contributed by atoms with Crippen molar-refractivity contribution >= 4 is 22.4 Å². The molecule has 6 nitrogen and oxygen atoms in total. The van der Waals surface area contributed by atoms with Crippen LogP contribution >= 0.6 is 11.3 Å². The number of thiazole rings is 1. The minimum atomic E-state index is -0.978. The van der Waals surface area contributed by atoms with Crippen LogP contribution in [0.25, 0.3) is 0 Å². The molecule has 0 fully saturated rings. The zero-order valence-electron chi connectivity index (χ0n) is 11.3. The van der Waals surface area contributed by atoms with Crippen LogP contribution in [0.4, 0.5) is 5.13 Å². The third-order valence-electron chi connectivity index (χ3n) is 2.42. The Kier molecular flexibility index (Phi) is 7.39. The molecule has 0 unspecified atom stereocenters. The van der Waals surface area contributed by atoms with E-state index in [1.54, 1.807) is 14.0 Å². The van der Waals surface area contributed by atoms with Gasteiger partial charge < -0.3 is 19.9 Å². The van der Waals surface area contributed by atoms with E-state index in [1.807, 2.05) is 0 Å². The highest BCUT2D eigenvalue weighted by Crippen LogP contribution is 2.21. The minimum Gasteiger partial charge on any atom is -0.476 e. The average Bonchev–Trinajstić information content (AvgIpc) is 2.74. The largest absolute Gasteiger partial charge is 0.476 e. The SMILES string of the molecule is COCCOCCCCNc1nc(C(=O)O)c(C)s1. The Balaban J connectivity index is 2.12. The third-order valence-corrected chi connectivity index (χ3v) is 3.35. The number of carboxylic acids is 1. The van der Waals surface area contributed by atoms with Crippen molar-refractivity contribution in [2.75, 3.05) is 38.8 Å². The van der Waals surface area contributed by atoms with E-state index in [-0.39, 0.29) is 5.69 Å². The summed E-state index contributed by atoms with van der Waals surface area (Å²) >= 11 is 1.37. The van der Waals surface area contributed by atoms with E-state index in [0.717, 1.165) is 24.3 Å². The normalized spacial score (nSPS) is 10.6. The Morgan fingerprint density at radius 1 is 1.37 bits per heavy atom. The molecular formula is C12H20N2O4S. The fourth-order valence-electron chi connectivity index (χ4n) is 1.44. The van der Waals surface area contributed by atoms with Gasteiger partial charge in [-0.1, -0.05) is 0 Å². The number of nitrogens with zero attached hydrogens (tertiary/aromatic N) is 1. The summed E-state index contributed by atoms with van der Waals surface area (Å²) in [6.45, 7) is 4.48. The number of aromatic carboxylic acids is 1. The highest BCUT2D eigenvalue weighted by molar-refractivity contribution is 7.15. The molecule has 7 heteroatoms. The van der Waals surface area contributed by atoms with Crippen molar-refractivity contribution in [1.29, 1.82) is 0 Å². The van der Waals surface area contributed by atoms with E-state index < -0.39 is 5.97 Å². The smallest absolute Gasteiger partial charge is 0.355 e. The molecule has 1 heterocycles. The van der Waals surface area contributed by atoms with Crippen LogP contribution in [0.5, 0.6) is 0 Å². The quantitative estimate of drug-likeness (QED) is 0.641. The van der Waals surface area contributed by atoms with Crippen LogP contribution < -0.4 is 5.32 Å². The molecule has 0 aromatic carbocycles. The van der Waals surface area contributed by atoms with Gasteiger partial charge in [-0.05, 0) is 19.8 Å². The summed E-state index contributed by atoms with van der Waals surface area (Å²) in [5.41, 5.74) is 0.135. The van der Waals surface area contributed by atoms with Gasteiger partial charge in [0.1, 0.15) is 0 Å². The lowest BCUT2D eigenvalue weighted by atomic mass is 10.3. The number of aromatic nitrogens is 1. The zero-order valence-corrected chi connectivity index (χ0v) is 12.1. The van der Waals surface area contributed by atoms with E-state index in [2.05, 4.69) is 10.3 Å². The first-order valence-corrected chi connectivity index (χ1v) is 6.98. The zero-order chi connectivity index (χ0) is 14.1. The predicted molar refractivity (Wildman–Crippen MR) is 74.2 cm³/mol. The number of carbonyl (C=O) groups is 1. The van der Waals surface area contributed by atoms with Crippen LogP contribution in [0.15, 0.2) is 0 Å². The maximum absolute atomic E-state index is 10.8. The maximum Gasteiger partial charge on any atom is 0.355 e. The fourth-order valence-corrected chi connectivity index (χ4v) is 2.27. The van der Waals surface area contributed by atoms with Crippen LogP contribution in [-0.4, -0.2) is 49.5 Å². The summed E-state index contributed by atoms with van der Waals surface area (Å²) in [4.78, 5) is 15.6. The molecule has 0 amide bonds. The van der Waals surface area contributed by atoms with E-state index in [4.69, 9.17) is 14.6 Å². The van der Waals surface area contributed by atoms with E-state index in [0.29, 0.717) is 25.0 Å². The topological polar surface area (TPSA) is 80.7 Å². The van der Waals surface area contributed by atoms with E-state index in [9.17, 15) is 4.79 Å². The molecule has 0 bridgehead atoms. The van der Waals surface area contributed by atoms with Gasteiger partial charge in [0.05, 0.1) is 13.2 Å². The maximum atomic E-state index is 10.8. The van der Waals surface area contributed by atoms with Gasteiger partial charge in [0, 0.05) is 25.1 Å². The molecule has 1 aromatic rings. The summed E-state index contributed by atoms with van der Waals surface area (Å²) in [5.74, 6) is -0.978. The Hall–Kier alpha value is -1.18. The summed E-state index contributed by atoms with van der Waals surface area (Å²) in [5, 5.41) is 12.7. The molecule has 0 aliphatic heterocycles. The fraction of sp³-hybridized carbons (Fsp3) is 0.667. The van der Waals surface area contributed by atoms with Crippen molar-refractivity contribution in [3.8, 4) is 0 Å². The Labute approximate surface area is 116 Å². The standard InChI is InChI=1S/C12H20N2O4S/c1-9-10(11(15)16)14-12(19-9)13-5-3-4-6-18-8-7-17-2/h3-8H2,1-2H3,(H,13,14)(H,15,16). The van der Waals surface area contributed by atoms with Crippen molar-refractivity contribution in [1.82, 2.24) is 4.98 Å². The number of nitrogens with one attached hydrogen (secondary N) is 1. The van der Waals surface area contributed by atoms with Crippen LogP contribution in [0.2, 0.25) is 0 Å². The average molecular weight is 288 g/mol. The van der Waals surface area contributed by atoms with Crippen LogP contribution in [0.1, 0.15) is 28.2 Å². The molecule has 1 rings (SSSR count). The number of rotatable bonds is 10. The summed E-state index contributed by atoms with van der Waals surface area (Å²) in [7, 11) is 1.65. The molecule has 0 saturated carbocycles. The number of hydrogen-bond acceptors (Lipinski definition) is 6. The first kappa shape index (κ1) is 15.9. The van der Waals surface area contributed by atoms with Gasteiger partial charge in [0.15, 0.2) is 10.8 Å². The number of aryl methyl sites for hydroxylation is 1. The number of ether oxygens (including phenoxy) is 2. The molecule has 0 spiro atoms. The number of methoxy groups -OCH3 is 1. The molecular weight excluding hydrogens is 268 g/mol. The van der Waals surface area contributed by atoms with Crippen molar-refractivity contribution in [2.45, 2.75) is 19.8 Å². The lowest BCUT2D eigenvalue weighted by Crippen LogP contribution is -2.06. The highest BCUT2D eigenvalue weighted by atomic mass is 32.1. The van der Waals surface area contributed by atoms with E-state index >= 15 is 0 Å². The van der Waals surface area contributed by atoms with Gasteiger partial charge in [0.2, 0.25) is 0 Å². The molecule has 0 aliphatic carbocycles. The molecule has 0 aliphatic rings. The Morgan fingerprint density at radius 2 is 2.16 bits per heavy atom. The van der Waals surface area contributed by atoms with Crippen molar-refractivity contribution < 1.29 is 19.4 Å². The lowest BCUT2D eigenvalue weighted by molar-refractivity contribution is 0.0690. The van der Waals surface area contributed by atoms with Gasteiger partial charge in [-0.25, -0.2) is 9.78 Å². The number of carboxylic acid groups (broad SMARTS) is 1. The molecule has 19 heavy (non-hydrogen) atoms. The molecule has 1 aromatic heterocycles. The highest BCUT2D eigenvalue weighted by Gasteiger charge is 2.13. The predicted octanol–water partition coefficient (Wildman–Crippen LogP) is 2.00. The second-order valence-corrected chi connectivity index (χ2v) is 5.17. The van der Waals surface area contributed by atoms with Crippen LogP contribution in [-0.2, 0) is 9.47 Å². The number of unbranched alkanes of at least 4 members (excludes halogenated alkanes) is 1. The summed E-state index contributed by atoms with van der Waals surface area (Å²) in [6, 6.07) is 0.